The lowest BCUT2D eigenvalue weighted by Crippen LogP contribution is -2.23. The van der Waals surface area contributed by atoms with Gasteiger partial charge in [0.15, 0.2) is 11.0 Å². The van der Waals surface area contributed by atoms with E-state index < -0.39 is 17.3 Å². The molecular formula is C15H12ClF2N7O. The highest BCUT2D eigenvalue weighted by molar-refractivity contribution is 6.29. The van der Waals surface area contributed by atoms with Crippen molar-refractivity contribution >= 4 is 23.2 Å². The molecule has 0 amide bonds. The van der Waals surface area contributed by atoms with Crippen molar-refractivity contribution in [2.24, 2.45) is 7.05 Å². The van der Waals surface area contributed by atoms with Crippen LogP contribution in [0.25, 0.3) is 5.69 Å². The molecule has 0 spiro atoms. The highest BCUT2D eigenvalue weighted by Crippen LogP contribution is 2.43. The Bertz CT molecular complexity index is 1060. The van der Waals surface area contributed by atoms with Crippen molar-refractivity contribution in [2.45, 2.75) is 18.8 Å². The van der Waals surface area contributed by atoms with Gasteiger partial charge in [-0.2, -0.15) is 14.3 Å². The van der Waals surface area contributed by atoms with Crippen LogP contribution in [0.4, 0.5) is 20.4 Å². The third-order valence-corrected chi connectivity index (χ3v) is 4.30. The molecule has 134 valence electrons. The van der Waals surface area contributed by atoms with E-state index in [1.54, 1.807) is 0 Å². The van der Waals surface area contributed by atoms with Crippen molar-refractivity contribution in [1.82, 2.24) is 29.8 Å². The Morgan fingerprint density at radius 2 is 2.00 bits per heavy atom. The molecule has 0 unspecified atom stereocenters. The fourth-order valence-electron chi connectivity index (χ4n) is 2.57. The number of nitrogens with zero attached hydrogens (tertiary/aromatic N) is 6. The third kappa shape index (κ3) is 2.92. The number of tetrazole rings is 1. The van der Waals surface area contributed by atoms with Crippen molar-refractivity contribution in [3.8, 4) is 5.69 Å². The fourth-order valence-corrected chi connectivity index (χ4v) is 2.70. The topological polar surface area (TPSA) is 90.5 Å². The molecule has 1 saturated carbocycles. The van der Waals surface area contributed by atoms with Gasteiger partial charge < -0.3 is 5.32 Å². The first-order chi connectivity index (χ1) is 12.4. The molecule has 1 aromatic carbocycles. The lowest BCUT2D eigenvalue weighted by molar-refractivity contribution is 0.614. The van der Waals surface area contributed by atoms with E-state index in [-0.39, 0.29) is 22.7 Å². The predicted molar refractivity (Wildman–Crippen MR) is 88.8 cm³/mol. The predicted octanol–water partition coefficient (Wildman–Crippen LogP) is 2.31. The molecule has 2 aromatic heterocycles. The Hall–Kier alpha value is -2.88. The maximum Gasteiger partial charge on any atom is 0.368 e. The minimum atomic E-state index is -0.784. The molecule has 0 atom stereocenters. The van der Waals surface area contributed by atoms with Crippen LogP contribution in [-0.2, 0) is 7.05 Å². The first-order valence-electron chi connectivity index (χ1n) is 7.72. The monoisotopic (exact) mass is 379 g/mol. The van der Waals surface area contributed by atoms with Gasteiger partial charge in [-0.05, 0) is 46.9 Å². The number of nitrogens with one attached hydrogen (secondary N) is 1. The molecule has 8 nitrogen and oxygen atoms in total. The molecule has 26 heavy (non-hydrogen) atoms. The van der Waals surface area contributed by atoms with Crippen molar-refractivity contribution in [1.29, 1.82) is 0 Å². The summed E-state index contributed by atoms with van der Waals surface area (Å²) in [5.41, 5.74) is 0.645. The quantitative estimate of drug-likeness (QED) is 0.699. The summed E-state index contributed by atoms with van der Waals surface area (Å²) < 4.78 is 29.9. The van der Waals surface area contributed by atoms with E-state index in [4.69, 9.17) is 11.6 Å². The van der Waals surface area contributed by atoms with Crippen LogP contribution in [0, 0.1) is 11.6 Å². The van der Waals surface area contributed by atoms with Crippen molar-refractivity contribution in [2.75, 3.05) is 5.32 Å². The van der Waals surface area contributed by atoms with Gasteiger partial charge in [-0.3, -0.25) is 0 Å². The van der Waals surface area contributed by atoms with Crippen LogP contribution in [0.5, 0.6) is 0 Å². The number of hydrogen-bond donors (Lipinski definition) is 1. The molecule has 0 radical (unpaired) electrons. The second-order valence-electron chi connectivity index (χ2n) is 5.92. The molecule has 1 aliphatic rings. The summed E-state index contributed by atoms with van der Waals surface area (Å²) in [5.74, 6) is -1.25. The van der Waals surface area contributed by atoms with E-state index in [1.807, 2.05) is 0 Å². The lowest BCUT2D eigenvalue weighted by Gasteiger charge is -2.12. The van der Waals surface area contributed by atoms with Gasteiger partial charge in [0.2, 0.25) is 5.95 Å². The first kappa shape index (κ1) is 16.6. The van der Waals surface area contributed by atoms with Gasteiger partial charge in [-0.1, -0.05) is 11.6 Å². The van der Waals surface area contributed by atoms with Gasteiger partial charge in [-0.25, -0.2) is 18.6 Å². The number of aromatic nitrogens is 6. The second kappa shape index (κ2) is 6.13. The molecule has 0 aliphatic heterocycles. The van der Waals surface area contributed by atoms with E-state index in [0.717, 1.165) is 28.4 Å². The Balaban J connectivity index is 1.80. The Morgan fingerprint density at radius 1 is 1.23 bits per heavy atom. The fraction of sp³-hybridized carbons (Fsp3) is 0.267. The molecule has 1 fully saturated rings. The van der Waals surface area contributed by atoms with E-state index in [1.165, 1.54) is 19.2 Å². The van der Waals surface area contributed by atoms with Crippen molar-refractivity contribution in [3.63, 3.8) is 0 Å². The largest absolute Gasteiger partial charge is 0.368 e. The first-order valence-corrected chi connectivity index (χ1v) is 8.09. The van der Waals surface area contributed by atoms with Gasteiger partial charge in [0.05, 0.1) is 17.6 Å². The highest BCUT2D eigenvalue weighted by atomic mass is 35.5. The number of halogens is 3. The van der Waals surface area contributed by atoms with Crippen LogP contribution >= 0.6 is 11.6 Å². The van der Waals surface area contributed by atoms with Gasteiger partial charge in [0, 0.05) is 7.05 Å². The molecule has 3 aromatic rings. The summed E-state index contributed by atoms with van der Waals surface area (Å²) in [7, 11) is 1.47. The zero-order valence-corrected chi connectivity index (χ0v) is 14.2. The second-order valence-corrected chi connectivity index (χ2v) is 6.28. The molecule has 0 bridgehead atoms. The van der Waals surface area contributed by atoms with E-state index in [2.05, 4.69) is 25.7 Å². The average molecular weight is 380 g/mol. The van der Waals surface area contributed by atoms with Crippen LogP contribution in [0.1, 0.15) is 24.3 Å². The van der Waals surface area contributed by atoms with Crippen LogP contribution in [-0.4, -0.2) is 29.8 Å². The summed E-state index contributed by atoms with van der Waals surface area (Å²) in [4.78, 5) is 19.6. The van der Waals surface area contributed by atoms with Crippen LogP contribution in [0.2, 0.25) is 5.15 Å². The summed E-state index contributed by atoms with van der Waals surface area (Å²) in [6.45, 7) is 0. The molecule has 0 saturated heterocycles. The summed E-state index contributed by atoms with van der Waals surface area (Å²) in [6, 6.07) is 2.78. The zero-order chi connectivity index (χ0) is 18.4. The third-order valence-electron chi connectivity index (χ3n) is 4.03. The average Bonchev–Trinajstić information content (AvgIpc) is 3.40. The smallest absolute Gasteiger partial charge is 0.322 e. The van der Waals surface area contributed by atoms with Crippen molar-refractivity contribution in [3.05, 3.63) is 51.2 Å². The van der Waals surface area contributed by atoms with E-state index in [0.29, 0.717) is 11.3 Å². The van der Waals surface area contributed by atoms with Crippen LogP contribution < -0.4 is 11.0 Å². The number of benzene rings is 1. The molecule has 1 aliphatic carbocycles. The maximum absolute atomic E-state index is 14.6. The number of hydrogen-bond acceptors (Lipinski definition) is 6. The lowest BCUT2D eigenvalue weighted by atomic mass is 10.1. The standard InChI is InChI=1S/C15H12ClF2N7O/c1-24-15(26)25(23-22-24)12-5-11(9(17)4-8(12)7-2-3-7)20-14-19-6-10(18)13(16)21-14/h4-7H,2-3H2,1H3,(H,19,20,21). The van der Waals surface area contributed by atoms with Crippen LogP contribution in [0.15, 0.2) is 23.1 Å². The summed E-state index contributed by atoms with van der Waals surface area (Å²) in [5, 5.41) is 9.77. The normalized spacial score (nSPS) is 13.8. The summed E-state index contributed by atoms with van der Waals surface area (Å²) in [6.07, 6.45) is 2.69. The molecule has 2 heterocycles. The van der Waals surface area contributed by atoms with Crippen LogP contribution in [0.3, 0.4) is 0 Å². The molecule has 1 N–H and O–H groups in total. The Labute approximate surface area is 150 Å². The number of aryl methyl sites for hydroxylation is 1. The van der Waals surface area contributed by atoms with Crippen molar-refractivity contribution < 1.29 is 8.78 Å². The van der Waals surface area contributed by atoms with Gasteiger partial charge in [0.25, 0.3) is 0 Å². The molecule has 11 heteroatoms. The SMILES string of the molecule is Cn1nnn(-c2cc(Nc3ncc(F)c(Cl)n3)c(F)cc2C2CC2)c1=O. The van der Waals surface area contributed by atoms with Gasteiger partial charge >= 0.3 is 5.69 Å². The minimum absolute atomic E-state index is 0.00429. The molecular weight excluding hydrogens is 368 g/mol. The Morgan fingerprint density at radius 3 is 2.62 bits per heavy atom. The Kier molecular flexibility index (Phi) is 3.91. The van der Waals surface area contributed by atoms with Gasteiger partial charge in [0.1, 0.15) is 5.82 Å². The number of anilines is 2. The van der Waals surface area contributed by atoms with E-state index in [9.17, 15) is 13.6 Å². The zero-order valence-electron chi connectivity index (χ0n) is 13.4. The highest BCUT2D eigenvalue weighted by Gasteiger charge is 2.29. The van der Waals surface area contributed by atoms with Gasteiger partial charge in [-0.15, -0.1) is 0 Å². The van der Waals surface area contributed by atoms with E-state index >= 15 is 0 Å². The summed E-state index contributed by atoms with van der Waals surface area (Å²) >= 11 is 5.62. The molecule has 4 rings (SSSR count). The minimum Gasteiger partial charge on any atom is -0.322 e. The number of rotatable bonds is 4. The maximum atomic E-state index is 14.6.